The van der Waals surface area contributed by atoms with Gasteiger partial charge in [0.1, 0.15) is 4.87 Å². The molecule has 0 aliphatic heterocycles. The largest absolute Gasteiger partial charge is 0.393 e. The average Bonchev–Trinajstić information content (AvgIpc) is 1.93. The van der Waals surface area contributed by atoms with E-state index in [4.69, 9.17) is 10.8 Å². The lowest BCUT2D eigenvalue weighted by Gasteiger charge is -2.32. The third kappa shape index (κ3) is 1.78. The first-order valence-electron chi connectivity index (χ1n) is 3.98. The van der Waals surface area contributed by atoms with Crippen LogP contribution < -0.4 is 5.73 Å². The molecular weight excluding hydrogens is 178 g/mol. The molecule has 0 unspecified atom stereocenters. The smallest absolute Gasteiger partial charge is 0.167 e. The van der Waals surface area contributed by atoms with Gasteiger partial charge >= 0.3 is 0 Å². The summed E-state index contributed by atoms with van der Waals surface area (Å²) in [6.07, 6.45) is 2.05. The van der Waals surface area contributed by atoms with Crippen molar-refractivity contribution in [2.75, 3.05) is 6.26 Å². The molecule has 4 nitrogen and oxygen atoms in total. The van der Waals surface area contributed by atoms with E-state index in [0.717, 1.165) is 6.26 Å². The second-order valence-corrected chi connectivity index (χ2v) is 5.82. The molecule has 1 saturated carbocycles. The molecule has 0 aromatic carbocycles. The van der Waals surface area contributed by atoms with Gasteiger partial charge < -0.3 is 5.11 Å². The molecule has 1 fully saturated rings. The van der Waals surface area contributed by atoms with Crippen LogP contribution in [0.1, 0.15) is 25.7 Å². The third-order valence-electron chi connectivity index (χ3n) is 2.47. The molecule has 1 rings (SSSR count). The van der Waals surface area contributed by atoms with Crippen molar-refractivity contribution < 1.29 is 13.5 Å². The maximum absolute atomic E-state index is 11.1. The Bertz CT molecular complexity index is 252. The molecule has 71 valence electrons. The number of aliphatic hydroxyl groups is 1. The van der Waals surface area contributed by atoms with Gasteiger partial charge in [-0.25, -0.2) is 14.2 Å². The van der Waals surface area contributed by atoms with E-state index in [1.54, 1.807) is 0 Å². The van der Waals surface area contributed by atoms with Gasteiger partial charge in [0, 0.05) is 6.26 Å². The van der Waals surface area contributed by atoms with E-state index in [2.05, 4.69) is 0 Å². The van der Waals surface area contributed by atoms with Crippen LogP contribution in [0.25, 0.3) is 0 Å². The van der Waals surface area contributed by atoms with Crippen LogP contribution in [-0.2, 0) is 9.84 Å². The molecule has 0 saturated heterocycles. The highest BCUT2D eigenvalue weighted by Gasteiger charge is 2.40. The van der Waals surface area contributed by atoms with Crippen molar-refractivity contribution in [3.05, 3.63) is 0 Å². The zero-order valence-electron chi connectivity index (χ0n) is 7.08. The number of sulfone groups is 1. The number of aliphatic hydroxyl groups excluding tert-OH is 1. The molecule has 0 amide bonds. The molecule has 1 radical (unpaired) electrons. The minimum absolute atomic E-state index is 0.257. The predicted octanol–water partition coefficient (Wildman–Crippen LogP) is -0.0549. The van der Waals surface area contributed by atoms with Gasteiger partial charge in [0.25, 0.3) is 0 Å². The molecular formula is C7H14NO3S. The van der Waals surface area contributed by atoms with Crippen molar-refractivity contribution in [2.24, 2.45) is 0 Å². The number of nitrogens with one attached hydrogen (secondary N) is 1. The molecule has 0 atom stereocenters. The third-order valence-corrected chi connectivity index (χ3v) is 4.30. The first-order valence-corrected chi connectivity index (χ1v) is 5.87. The summed E-state index contributed by atoms with van der Waals surface area (Å²) < 4.78 is 22.3. The molecule has 5 heteroatoms. The van der Waals surface area contributed by atoms with Crippen molar-refractivity contribution in [3.63, 3.8) is 0 Å². The van der Waals surface area contributed by atoms with Crippen LogP contribution in [0, 0.1) is 0 Å². The summed E-state index contributed by atoms with van der Waals surface area (Å²) in [7, 11) is -3.29. The highest BCUT2D eigenvalue weighted by molar-refractivity contribution is 7.92. The minimum Gasteiger partial charge on any atom is -0.393 e. The van der Waals surface area contributed by atoms with Gasteiger partial charge in [-0.1, -0.05) is 0 Å². The monoisotopic (exact) mass is 192 g/mol. The fraction of sp³-hybridized carbons (Fsp3) is 1.00. The molecule has 1 aliphatic carbocycles. The SMILES string of the molecule is CS(=O)(=O)[C@]1([NH])CC[C@@H](O)CC1. The van der Waals surface area contributed by atoms with Crippen LogP contribution in [0.5, 0.6) is 0 Å². The predicted molar refractivity (Wildman–Crippen MR) is 45.1 cm³/mol. The molecule has 2 N–H and O–H groups in total. The first-order chi connectivity index (χ1) is 5.35. The highest BCUT2D eigenvalue weighted by Crippen LogP contribution is 2.31. The Kier molecular flexibility index (Phi) is 2.47. The molecule has 0 bridgehead atoms. The minimum atomic E-state index is -3.29. The number of hydrogen-bond donors (Lipinski definition) is 1. The Morgan fingerprint density at radius 1 is 1.42 bits per heavy atom. The van der Waals surface area contributed by atoms with Crippen molar-refractivity contribution in [3.8, 4) is 0 Å². The van der Waals surface area contributed by atoms with Crippen molar-refractivity contribution in [1.82, 2.24) is 5.73 Å². The Balaban J connectivity index is 2.76. The summed E-state index contributed by atoms with van der Waals surface area (Å²) in [6.45, 7) is 0. The molecule has 0 spiro atoms. The zero-order chi connectivity index (χ0) is 9.41. The molecule has 0 aromatic heterocycles. The van der Waals surface area contributed by atoms with E-state index in [1.165, 1.54) is 0 Å². The van der Waals surface area contributed by atoms with E-state index in [0.29, 0.717) is 12.8 Å². The van der Waals surface area contributed by atoms with Crippen molar-refractivity contribution >= 4 is 9.84 Å². The number of rotatable bonds is 1. The Hall–Kier alpha value is -0.130. The lowest BCUT2D eigenvalue weighted by molar-refractivity contribution is 0.114. The Labute approximate surface area is 72.7 Å². The summed E-state index contributed by atoms with van der Waals surface area (Å²) >= 11 is 0. The summed E-state index contributed by atoms with van der Waals surface area (Å²) in [5.74, 6) is 0. The van der Waals surface area contributed by atoms with E-state index < -0.39 is 20.8 Å². The van der Waals surface area contributed by atoms with E-state index in [-0.39, 0.29) is 12.8 Å². The van der Waals surface area contributed by atoms with Crippen LogP contribution >= 0.6 is 0 Å². The first kappa shape index (κ1) is 9.95. The number of hydrogen-bond acceptors (Lipinski definition) is 3. The molecule has 1 aliphatic rings. The molecule has 0 heterocycles. The lowest BCUT2D eigenvalue weighted by atomic mass is 9.93. The van der Waals surface area contributed by atoms with Gasteiger partial charge in [0.15, 0.2) is 9.84 Å². The van der Waals surface area contributed by atoms with Crippen LogP contribution in [0.4, 0.5) is 0 Å². The van der Waals surface area contributed by atoms with Crippen molar-refractivity contribution in [2.45, 2.75) is 36.7 Å². The normalized spacial score (nSPS) is 38.1. The average molecular weight is 192 g/mol. The van der Waals surface area contributed by atoms with Crippen LogP contribution in [0.2, 0.25) is 0 Å². The van der Waals surface area contributed by atoms with Crippen molar-refractivity contribution in [1.29, 1.82) is 0 Å². The fourth-order valence-corrected chi connectivity index (χ4v) is 2.42. The standard InChI is InChI=1S/C7H14NO3S/c1-12(10,11)7(8)4-2-6(9)3-5-7/h6,8-9H,2-5H2,1H3/t6-,7-. The van der Waals surface area contributed by atoms with E-state index in [9.17, 15) is 8.42 Å². The topological polar surface area (TPSA) is 78.2 Å². The van der Waals surface area contributed by atoms with Crippen LogP contribution in [0.15, 0.2) is 0 Å². The summed E-state index contributed by atoms with van der Waals surface area (Å²) in [5.41, 5.74) is 7.66. The summed E-state index contributed by atoms with van der Waals surface area (Å²) in [6, 6.07) is 0. The maximum atomic E-state index is 11.1. The van der Waals surface area contributed by atoms with Crippen LogP contribution in [0.3, 0.4) is 0 Å². The Morgan fingerprint density at radius 2 is 1.83 bits per heavy atom. The van der Waals surface area contributed by atoms with E-state index >= 15 is 0 Å². The Morgan fingerprint density at radius 3 is 2.17 bits per heavy atom. The molecule has 12 heavy (non-hydrogen) atoms. The zero-order valence-corrected chi connectivity index (χ0v) is 7.89. The van der Waals surface area contributed by atoms with Gasteiger partial charge in [0.2, 0.25) is 0 Å². The second-order valence-electron chi connectivity index (χ2n) is 3.50. The fourth-order valence-electron chi connectivity index (χ4n) is 1.44. The van der Waals surface area contributed by atoms with Gasteiger partial charge in [-0.15, -0.1) is 0 Å². The molecule has 0 aromatic rings. The second kappa shape index (κ2) is 2.97. The van der Waals surface area contributed by atoms with Gasteiger partial charge in [-0.3, -0.25) is 0 Å². The summed E-state index contributed by atoms with van der Waals surface area (Å²) in [5, 5.41) is 9.13. The van der Waals surface area contributed by atoms with Gasteiger partial charge in [0.05, 0.1) is 6.10 Å². The van der Waals surface area contributed by atoms with Gasteiger partial charge in [-0.2, -0.15) is 0 Å². The van der Waals surface area contributed by atoms with Gasteiger partial charge in [-0.05, 0) is 25.7 Å². The van der Waals surface area contributed by atoms with E-state index in [1.807, 2.05) is 0 Å². The van der Waals surface area contributed by atoms with Crippen LogP contribution in [-0.4, -0.2) is 30.8 Å². The lowest BCUT2D eigenvalue weighted by Crippen LogP contribution is -2.44. The quantitative estimate of drug-likeness (QED) is 0.632. The maximum Gasteiger partial charge on any atom is 0.167 e. The highest BCUT2D eigenvalue weighted by atomic mass is 32.2. The summed E-state index contributed by atoms with van der Waals surface area (Å²) in [4.78, 5) is -1.34.